The summed E-state index contributed by atoms with van der Waals surface area (Å²) in [6, 6.07) is 13.9. The van der Waals surface area contributed by atoms with E-state index >= 15 is 0 Å². The second-order valence-corrected chi connectivity index (χ2v) is 7.25. The fourth-order valence-electron chi connectivity index (χ4n) is 2.92. The average Bonchev–Trinajstić information content (AvgIpc) is 2.97. The molecular weight excluding hydrogens is 312 g/mol. The van der Waals surface area contributed by atoms with Gasteiger partial charge in [-0.25, -0.2) is 0 Å². The Morgan fingerprint density at radius 3 is 2.64 bits per heavy atom. The Morgan fingerprint density at radius 1 is 1.16 bits per heavy atom. The van der Waals surface area contributed by atoms with Crippen LogP contribution in [0.5, 0.6) is 5.75 Å². The van der Waals surface area contributed by atoms with Crippen molar-refractivity contribution in [2.24, 2.45) is 0 Å². The minimum absolute atomic E-state index is 0.00257. The number of fused-ring (bicyclic) bond motifs is 1. The van der Waals surface area contributed by atoms with E-state index in [1.54, 1.807) is 7.11 Å². The van der Waals surface area contributed by atoms with Gasteiger partial charge in [0, 0.05) is 17.1 Å². The van der Waals surface area contributed by atoms with Crippen LogP contribution < -0.4 is 10.1 Å². The van der Waals surface area contributed by atoms with E-state index in [1.807, 2.05) is 48.7 Å². The quantitative estimate of drug-likeness (QED) is 0.728. The number of anilines is 1. The van der Waals surface area contributed by atoms with E-state index in [-0.39, 0.29) is 11.3 Å². The molecule has 0 atom stereocenters. The molecule has 4 nitrogen and oxygen atoms in total. The second-order valence-electron chi connectivity index (χ2n) is 7.25. The van der Waals surface area contributed by atoms with Crippen LogP contribution in [0.2, 0.25) is 0 Å². The number of aromatic nitrogens is 1. The number of hydrogen-bond donors (Lipinski definition) is 2. The molecule has 0 fully saturated rings. The number of H-pyrrole nitrogens is 1. The van der Waals surface area contributed by atoms with Crippen molar-refractivity contribution in [1.82, 2.24) is 4.98 Å². The molecule has 0 aliphatic heterocycles. The number of para-hydroxylation sites is 1. The van der Waals surface area contributed by atoms with Crippen molar-refractivity contribution < 1.29 is 9.53 Å². The maximum atomic E-state index is 12.6. The van der Waals surface area contributed by atoms with Gasteiger partial charge in [0.2, 0.25) is 5.91 Å². The van der Waals surface area contributed by atoms with Gasteiger partial charge >= 0.3 is 0 Å². The van der Waals surface area contributed by atoms with Crippen LogP contribution in [0.25, 0.3) is 10.9 Å². The van der Waals surface area contributed by atoms with Gasteiger partial charge in [0.15, 0.2) is 0 Å². The van der Waals surface area contributed by atoms with Crippen LogP contribution >= 0.6 is 0 Å². The molecule has 2 aromatic carbocycles. The molecule has 1 amide bonds. The normalized spacial score (nSPS) is 11.5. The smallest absolute Gasteiger partial charge is 0.228 e. The van der Waals surface area contributed by atoms with Crippen molar-refractivity contribution >= 4 is 22.5 Å². The molecule has 3 rings (SSSR count). The number of hydrogen-bond acceptors (Lipinski definition) is 2. The molecule has 0 aliphatic rings. The first-order valence-corrected chi connectivity index (χ1v) is 8.42. The Bertz CT molecular complexity index is 904. The van der Waals surface area contributed by atoms with E-state index in [1.165, 1.54) is 0 Å². The number of rotatable bonds is 4. The van der Waals surface area contributed by atoms with E-state index in [2.05, 4.69) is 31.1 Å². The summed E-state index contributed by atoms with van der Waals surface area (Å²) in [6.07, 6.45) is 2.21. The molecule has 3 aromatic rings. The molecule has 0 aliphatic carbocycles. The predicted octanol–water partition coefficient (Wildman–Crippen LogP) is 4.66. The number of aromatic amines is 1. The maximum absolute atomic E-state index is 12.6. The summed E-state index contributed by atoms with van der Waals surface area (Å²) in [5.74, 6) is 0.606. The largest absolute Gasteiger partial charge is 0.495 e. The highest BCUT2D eigenvalue weighted by atomic mass is 16.5. The molecule has 4 heteroatoms. The third-order valence-electron chi connectivity index (χ3n) is 4.37. The highest BCUT2D eigenvalue weighted by Crippen LogP contribution is 2.31. The predicted molar refractivity (Wildman–Crippen MR) is 102 cm³/mol. The van der Waals surface area contributed by atoms with Crippen LogP contribution in [0.15, 0.2) is 48.7 Å². The first kappa shape index (κ1) is 17.1. The number of nitrogens with one attached hydrogen (secondary N) is 2. The summed E-state index contributed by atoms with van der Waals surface area (Å²) in [7, 11) is 1.61. The summed E-state index contributed by atoms with van der Waals surface area (Å²) in [6.45, 7) is 6.44. The summed E-state index contributed by atoms with van der Waals surface area (Å²) in [5.41, 5.74) is 3.88. The number of carbonyl (C=O) groups excluding carboxylic acids is 1. The second kappa shape index (κ2) is 6.63. The van der Waals surface area contributed by atoms with Crippen LogP contribution in [-0.4, -0.2) is 18.0 Å². The number of carbonyl (C=O) groups is 1. The summed E-state index contributed by atoms with van der Waals surface area (Å²) in [5, 5.41) is 4.08. The molecule has 0 unspecified atom stereocenters. The molecule has 1 heterocycles. The Morgan fingerprint density at radius 2 is 1.92 bits per heavy atom. The first-order chi connectivity index (χ1) is 11.9. The maximum Gasteiger partial charge on any atom is 0.228 e. The SMILES string of the molecule is COc1ccc(C(C)(C)C)cc1NC(=O)Cc1c[nH]c2ccccc12. The van der Waals surface area contributed by atoms with Crippen LogP contribution in [0.1, 0.15) is 31.9 Å². The molecule has 130 valence electrons. The zero-order valence-electron chi connectivity index (χ0n) is 15.1. The van der Waals surface area contributed by atoms with Crippen molar-refractivity contribution in [2.75, 3.05) is 12.4 Å². The fraction of sp³-hybridized carbons (Fsp3) is 0.286. The van der Waals surface area contributed by atoms with Gasteiger partial charge in [-0.05, 0) is 34.7 Å². The van der Waals surface area contributed by atoms with Gasteiger partial charge < -0.3 is 15.0 Å². The lowest BCUT2D eigenvalue weighted by molar-refractivity contribution is -0.115. The molecule has 0 saturated carbocycles. The van der Waals surface area contributed by atoms with Crippen LogP contribution in [0.3, 0.4) is 0 Å². The number of methoxy groups -OCH3 is 1. The lowest BCUT2D eigenvalue weighted by Gasteiger charge is -2.21. The fourth-order valence-corrected chi connectivity index (χ4v) is 2.92. The highest BCUT2D eigenvalue weighted by Gasteiger charge is 2.17. The lowest BCUT2D eigenvalue weighted by Crippen LogP contribution is -2.17. The summed E-state index contributed by atoms with van der Waals surface area (Å²) in [4.78, 5) is 15.8. The van der Waals surface area contributed by atoms with E-state index in [9.17, 15) is 4.79 Å². The van der Waals surface area contributed by atoms with Crippen molar-refractivity contribution in [2.45, 2.75) is 32.6 Å². The van der Waals surface area contributed by atoms with Gasteiger partial charge in [-0.15, -0.1) is 0 Å². The minimum Gasteiger partial charge on any atom is -0.495 e. The van der Waals surface area contributed by atoms with Gasteiger partial charge in [-0.1, -0.05) is 45.0 Å². The van der Waals surface area contributed by atoms with Gasteiger partial charge in [-0.2, -0.15) is 0 Å². The topological polar surface area (TPSA) is 54.1 Å². The Balaban J connectivity index is 1.83. The molecule has 2 N–H and O–H groups in total. The molecule has 0 spiro atoms. The van der Waals surface area contributed by atoms with Crippen molar-refractivity contribution in [1.29, 1.82) is 0 Å². The molecule has 0 radical (unpaired) electrons. The molecule has 0 bridgehead atoms. The average molecular weight is 336 g/mol. The van der Waals surface area contributed by atoms with Crippen molar-refractivity contribution in [3.05, 3.63) is 59.8 Å². The van der Waals surface area contributed by atoms with E-state index in [0.717, 1.165) is 22.0 Å². The van der Waals surface area contributed by atoms with Gasteiger partial charge in [0.05, 0.1) is 19.2 Å². The standard InChI is InChI=1S/C21H24N2O2/c1-21(2,3)15-9-10-19(25-4)18(12-15)23-20(24)11-14-13-22-17-8-6-5-7-16(14)17/h5-10,12-13,22H,11H2,1-4H3,(H,23,24). The molecular formula is C21H24N2O2. The first-order valence-electron chi connectivity index (χ1n) is 8.42. The molecule has 25 heavy (non-hydrogen) atoms. The number of amides is 1. The Labute approximate surface area is 148 Å². The summed E-state index contributed by atoms with van der Waals surface area (Å²) < 4.78 is 5.40. The lowest BCUT2D eigenvalue weighted by atomic mass is 9.87. The van der Waals surface area contributed by atoms with Crippen molar-refractivity contribution in [3.8, 4) is 5.75 Å². The zero-order valence-corrected chi connectivity index (χ0v) is 15.1. The Kier molecular flexibility index (Phi) is 4.53. The van der Waals surface area contributed by atoms with E-state index in [0.29, 0.717) is 17.9 Å². The van der Waals surface area contributed by atoms with Gasteiger partial charge in [0.1, 0.15) is 5.75 Å². The number of benzene rings is 2. The minimum atomic E-state index is -0.0610. The van der Waals surface area contributed by atoms with E-state index in [4.69, 9.17) is 4.74 Å². The monoisotopic (exact) mass is 336 g/mol. The van der Waals surface area contributed by atoms with Gasteiger partial charge in [0.25, 0.3) is 0 Å². The Hall–Kier alpha value is -2.75. The third kappa shape index (κ3) is 3.68. The van der Waals surface area contributed by atoms with Crippen LogP contribution in [-0.2, 0) is 16.6 Å². The third-order valence-corrected chi connectivity index (χ3v) is 4.37. The van der Waals surface area contributed by atoms with Crippen LogP contribution in [0.4, 0.5) is 5.69 Å². The molecule has 0 saturated heterocycles. The molecule has 1 aromatic heterocycles. The number of ether oxygens (including phenoxy) is 1. The van der Waals surface area contributed by atoms with Crippen LogP contribution in [0, 0.1) is 0 Å². The van der Waals surface area contributed by atoms with Gasteiger partial charge in [-0.3, -0.25) is 4.79 Å². The zero-order chi connectivity index (χ0) is 18.0. The van der Waals surface area contributed by atoms with E-state index < -0.39 is 0 Å². The highest BCUT2D eigenvalue weighted by molar-refractivity contribution is 5.96. The summed E-state index contributed by atoms with van der Waals surface area (Å²) >= 11 is 0. The van der Waals surface area contributed by atoms with Crippen molar-refractivity contribution in [3.63, 3.8) is 0 Å².